The van der Waals surface area contributed by atoms with E-state index in [1.165, 1.54) is 0 Å². The Hall–Kier alpha value is -1.02. The minimum atomic E-state index is 0.222. The minimum Gasteiger partial charge on any atom is -0.496 e. The number of ketones is 1. The third-order valence-corrected chi connectivity index (χ3v) is 3.53. The Balaban J connectivity index is 2.96. The molecule has 0 radical (unpaired) electrons. The van der Waals surface area contributed by atoms with Gasteiger partial charge in [0.15, 0.2) is 0 Å². The molecule has 1 aromatic carbocycles. The summed E-state index contributed by atoms with van der Waals surface area (Å²) in [6.45, 7) is 5.59. The molecule has 0 aliphatic carbocycles. The molecule has 0 saturated carbocycles. The summed E-state index contributed by atoms with van der Waals surface area (Å²) in [5.41, 5.74) is 3.20. The van der Waals surface area contributed by atoms with Crippen molar-refractivity contribution in [3.05, 3.63) is 27.8 Å². The van der Waals surface area contributed by atoms with Crippen LogP contribution < -0.4 is 4.74 Å². The molecule has 0 spiro atoms. The first-order chi connectivity index (χ1) is 7.97. The van der Waals surface area contributed by atoms with Gasteiger partial charge in [-0.1, -0.05) is 11.6 Å². The molecule has 0 amide bonds. The number of halogens is 1. The molecule has 0 atom stereocenters. The molecular weight excluding hydrogens is 236 g/mol. The number of benzene rings is 1. The lowest BCUT2D eigenvalue weighted by atomic mass is 9.98. The first kappa shape index (κ1) is 14.0. The summed E-state index contributed by atoms with van der Waals surface area (Å²) in [7, 11) is 1.66. The second-order valence-electron chi connectivity index (χ2n) is 4.37. The van der Waals surface area contributed by atoms with Crippen LogP contribution in [-0.4, -0.2) is 12.9 Å². The van der Waals surface area contributed by atoms with Crippen molar-refractivity contribution in [2.24, 2.45) is 0 Å². The Morgan fingerprint density at radius 3 is 2.59 bits per heavy atom. The molecule has 0 aromatic heterocycles. The fraction of sp³-hybridized carbons (Fsp3) is 0.500. The van der Waals surface area contributed by atoms with Gasteiger partial charge in [-0.25, -0.2) is 0 Å². The Morgan fingerprint density at radius 1 is 1.41 bits per heavy atom. The summed E-state index contributed by atoms with van der Waals surface area (Å²) >= 11 is 6.23. The van der Waals surface area contributed by atoms with Crippen LogP contribution in [0.25, 0.3) is 0 Å². The first-order valence-corrected chi connectivity index (χ1v) is 6.17. The third kappa shape index (κ3) is 3.47. The number of hydrogen-bond acceptors (Lipinski definition) is 2. The summed E-state index contributed by atoms with van der Waals surface area (Å²) < 4.78 is 5.38. The Bertz CT molecular complexity index is 425. The molecule has 2 nitrogen and oxygen atoms in total. The maximum Gasteiger partial charge on any atom is 0.129 e. The summed E-state index contributed by atoms with van der Waals surface area (Å²) in [4.78, 5) is 10.9. The van der Waals surface area contributed by atoms with Gasteiger partial charge in [-0.2, -0.15) is 0 Å². The number of carbonyl (C=O) groups is 1. The Kier molecular flexibility index (Phi) is 5.01. The smallest absolute Gasteiger partial charge is 0.129 e. The molecule has 0 saturated heterocycles. The summed E-state index contributed by atoms with van der Waals surface area (Å²) in [5, 5.41) is 0.795. The summed E-state index contributed by atoms with van der Waals surface area (Å²) in [6, 6.07) is 1.96. The quantitative estimate of drug-likeness (QED) is 0.797. The third-order valence-electron chi connectivity index (χ3n) is 2.95. The topological polar surface area (TPSA) is 26.3 Å². The van der Waals surface area contributed by atoms with Crippen LogP contribution in [-0.2, 0) is 11.2 Å². The van der Waals surface area contributed by atoms with E-state index in [-0.39, 0.29) is 5.78 Å². The van der Waals surface area contributed by atoms with E-state index in [4.69, 9.17) is 16.3 Å². The van der Waals surface area contributed by atoms with E-state index in [1.54, 1.807) is 14.0 Å². The van der Waals surface area contributed by atoms with Crippen LogP contribution in [0.15, 0.2) is 6.07 Å². The van der Waals surface area contributed by atoms with Gasteiger partial charge in [0, 0.05) is 11.4 Å². The molecule has 0 unspecified atom stereocenters. The average molecular weight is 255 g/mol. The zero-order valence-corrected chi connectivity index (χ0v) is 11.6. The highest BCUT2D eigenvalue weighted by molar-refractivity contribution is 6.32. The van der Waals surface area contributed by atoms with E-state index in [2.05, 4.69) is 0 Å². The highest BCUT2D eigenvalue weighted by atomic mass is 35.5. The molecule has 1 aromatic rings. The molecule has 17 heavy (non-hydrogen) atoms. The number of carbonyl (C=O) groups excluding carboxylic acids is 1. The molecule has 94 valence electrons. The van der Waals surface area contributed by atoms with Crippen molar-refractivity contribution in [1.29, 1.82) is 0 Å². The van der Waals surface area contributed by atoms with E-state index in [0.29, 0.717) is 6.42 Å². The fourth-order valence-corrected chi connectivity index (χ4v) is 2.14. The maximum atomic E-state index is 10.9. The second-order valence-corrected chi connectivity index (χ2v) is 4.75. The van der Waals surface area contributed by atoms with Crippen LogP contribution >= 0.6 is 11.6 Å². The number of hydrogen-bond donors (Lipinski definition) is 0. The maximum absolute atomic E-state index is 10.9. The van der Waals surface area contributed by atoms with Crippen LogP contribution in [0.3, 0.4) is 0 Å². The van der Waals surface area contributed by atoms with E-state index < -0.39 is 0 Å². The largest absolute Gasteiger partial charge is 0.496 e. The lowest BCUT2D eigenvalue weighted by molar-refractivity contribution is -0.117. The monoisotopic (exact) mass is 254 g/mol. The summed E-state index contributed by atoms with van der Waals surface area (Å²) in [5.74, 6) is 1.09. The average Bonchev–Trinajstić information content (AvgIpc) is 2.28. The zero-order chi connectivity index (χ0) is 13.0. The normalized spacial score (nSPS) is 10.4. The number of aryl methyl sites for hydroxylation is 1. The lowest BCUT2D eigenvalue weighted by Crippen LogP contribution is -2.00. The van der Waals surface area contributed by atoms with Crippen molar-refractivity contribution < 1.29 is 9.53 Å². The van der Waals surface area contributed by atoms with Gasteiger partial charge in [-0.15, -0.1) is 0 Å². The zero-order valence-electron chi connectivity index (χ0n) is 10.9. The minimum absolute atomic E-state index is 0.222. The number of ether oxygens (including phenoxy) is 1. The van der Waals surface area contributed by atoms with Gasteiger partial charge in [0.25, 0.3) is 0 Å². The van der Waals surface area contributed by atoms with Gasteiger partial charge in [-0.05, 0) is 56.4 Å². The molecular formula is C14H19ClO2. The van der Waals surface area contributed by atoms with Crippen LogP contribution in [0.5, 0.6) is 5.75 Å². The fourth-order valence-electron chi connectivity index (χ4n) is 1.97. The predicted molar refractivity (Wildman–Crippen MR) is 71.1 cm³/mol. The molecule has 0 fully saturated rings. The van der Waals surface area contributed by atoms with Gasteiger partial charge in [0.1, 0.15) is 11.5 Å². The highest BCUT2D eigenvalue weighted by Crippen LogP contribution is 2.32. The van der Waals surface area contributed by atoms with Crippen molar-refractivity contribution in [3.63, 3.8) is 0 Å². The highest BCUT2D eigenvalue weighted by Gasteiger charge is 2.12. The van der Waals surface area contributed by atoms with Crippen LogP contribution in [0.1, 0.15) is 36.5 Å². The molecule has 0 aliphatic heterocycles. The molecule has 0 N–H and O–H groups in total. The van der Waals surface area contributed by atoms with Gasteiger partial charge in [0.2, 0.25) is 0 Å². The molecule has 3 heteroatoms. The van der Waals surface area contributed by atoms with Crippen molar-refractivity contribution in [1.82, 2.24) is 0 Å². The molecule has 0 bridgehead atoms. The van der Waals surface area contributed by atoms with Crippen LogP contribution in [0.4, 0.5) is 0 Å². The summed E-state index contributed by atoms with van der Waals surface area (Å²) in [6.07, 6.45) is 2.27. The van der Waals surface area contributed by atoms with Crippen molar-refractivity contribution >= 4 is 17.4 Å². The van der Waals surface area contributed by atoms with Crippen molar-refractivity contribution in [3.8, 4) is 5.75 Å². The van der Waals surface area contributed by atoms with E-state index in [9.17, 15) is 4.79 Å². The van der Waals surface area contributed by atoms with Gasteiger partial charge in [0.05, 0.1) is 7.11 Å². The molecule has 0 heterocycles. The molecule has 1 rings (SSSR count). The van der Waals surface area contributed by atoms with Crippen molar-refractivity contribution in [2.45, 2.75) is 40.0 Å². The first-order valence-electron chi connectivity index (χ1n) is 5.79. The lowest BCUT2D eigenvalue weighted by Gasteiger charge is -2.14. The van der Waals surface area contributed by atoms with Gasteiger partial charge >= 0.3 is 0 Å². The predicted octanol–water partition coefficient (Wildman–Crippen LogP) is 3.88. The number of Topliss-reactive ketones (excluding diaryl/α,β-unsaturated/α-hetero) is 1. The van der Waals surface area contributed by atoms with Crippen LogP contribution in [0, 0.1) is 13.8 Å². The number of methoxy groups -OCH3 is 1. The van der Waals surface area contributed by atoms with Gasteiger partial charge < -0.3 is 9.53 Å². The van der Waals surface area contributed by atoms with E-state index in [1.807, 2.05) is 19.9 Å². The van der Waals surface area contributed by atoms with Crippen LogP contribution in [0.2, 0.25) is 5.02 Å². The van der Waals surface area contributed by atoms with Gasteiger partial charge in [-0.3, -0.25) is 0 Å². The number of rotatable bonds is 5. The standard InChI is InChI=1S/C14H19ClO2/c1-9-8-13(17-4)12(11(3)14(9)15)7-5-6-10(2)16/h8H,5-7H2,1-4H3. The second kappa shape index (κ2) is 6.06. The Labute approximate surface area is 108 Å². The Morgan fingerprint density at radius 2 is 2.06 bits per heavy atom. The van der Waals surface area contributed by atoms with Crippen molar-refractivity contribution in [2.75, 3.05) is 7.11 Å². The SMILES string of the molecule is COc1cc(C)c(Cl)c(C)c1CCCC(C)=O. The van der Waals surface area contributed by atoms with E-state index in [0.717, 1.165) is 40.3 Å². The van der Waals surface area contributed by atoms with E-state index >= 15 is 0 Å². The molecule has 0 aliphatic rings.